The lowest BCUT2D eigenvalue weighted by Gasteiger charge is -2.05. The van der Waals surface area contributed by atoms with Crippen LogP contribution in [0.3, 0.4) is 0 Å². The molecule has 0 radical (unpaired) electrons. The van der Waals surface area contributed by atoms with E-state index in [1.54, 1.807) is 6.33 Å². The molecule has 0 unspecified atom stereocenters. The first-order valence-corrected chi connectivity index (χ1v) is 8.35. The SMILES string of the molecule is CNc1nc(C#Cc2ccccc2)nc2c1ncn2Cc1ccccc1. The highest BCUT2D eigenvalue weighted by atomic mass is 15.1. The van der Waals surface area contributed by atoms with Gasteiger partial charge >= 0.3 is 0 Å². The van der Waals surface area contributed by atoms with Gasteiger partial charge < -0.3 is 9.88 Å². The molecule has 0 amide bonds. The van der Waals surface area contributed by atoms with Crippen molar-refractivity contribution in [1.82, 2.24) is 19.5 Å². The van der Waals surface area contributed by atoms with E-state index in [2.05, 4.69) is 44.2 Å². The first-order valence-electron chi connectivity index (χ1n) is 8.35. The van der Waals surface area contributed by atoms with Crippen LogP contribution in [0.4, 0.5) is 5.82 Å². The second-order valence-electron chi connectivity index (χ2n) is 5.79. The van der Waals surface area contributed by atoms with E-state index >= 15 is 0 Å². The Morgan fingerprint density at radius 1 is 0.923 bits per heavy atom. The Labute approximate surface area is 151 Å². The number of hydrogen-bond acceptors (Lipinski definition) is 4. The Morgan fingerprint density at radius 2 is 1.65 bits per heavy atom. The van der Waals surface area contributed by atoms with Gasteiger partial charge in [-0.3, -0.25) is 0 Å². The highest BCUT2D eigenvalue weighted by Crippen LogP contribution is 2.19. The standard InChI is InChI=1S/C21H17N5/c1-22-20-19-21(26(15-23-19)14-17-10-6-3-7-11-17)25-18(24-20)13-12-16-8-4-2-5-9-16/h2-11,15H,14H2,1H3,(H,22,24,25). The molecular weight excluding hydrogens is 322 g/mol. The second-order valence-corrected chi connectivity index (χ2v) is 5.79. The number of rotatable bonds is 3. The smallest absolute Gasteiger partial charge is 0.209 e. The zero-order valence-electron chi connectivity index (χ0n) is 14.3. The number of nitrogens with zero attached hydrogens (tertiary/aromatic N) is 4. The van der Waals surface area contributed by atoms with Crippen molar-refractivity contribution in [3.05, 3.63) is 83.9 Å². The number of aromatic nitrogens is 4. The third kappa shape index (κ3) is 3.26. The summed E-state index contributed by atoms with van der Waals surface area (Å²) in [5, 5.41) is 3.09. The molecule has 0 aliphatic carbocycles. The van der Waals surface area contributed by atoms with Crippen LogP contribution in [0.1, 0.15) is 17.0 Å². The van der Waals surface area contributed by atoms with Gasteiger partial charge in [0.05, 0.1) is 12.9 Å². The average Bonchev–Trinajstić information content (AvgIpc) is 3.10. The van der Waals surface area contributed by atoms with Crippen molar-refractivity contribution in [3.8, 4) is 11.8 Å². The first-order chi connectivity index (χ1) is 12.8. The lowest BCUT2D eigenvalue weighted by molar-refractivity contribution is 0.812. The molecule has 2 heterocycles. The summed E-state index contributed by atoms with van der Waals surface area (Å²) in [5.74, 6) is 7.31. The van der Waals surface area contributed by atoms with Crippen LogP contribution in [0.15, 0.2) is 67.0 Å². The fourth-order valence-corrected chi connectivity index (χ4v) is 2.72. The van der Waals surface area contributed by atoms with E-state index in [9.17, 15) is 0 Å². The summed E-state index contributed by atoms with van der Waals surface area (Å²) < 4.78 is 2.01. The maximum absolute atomic E-state index is 4.63. The molecule has 0 spiro atoms. The van der Waals surface area contributed by atoms with E-state index in [1.807, 2.05) is 60.1 Å². The third-order valence-electron chi connectivity index (χ3n) is 3.99. The highest BCUT2D eigenvalue weighted by molar-refractivity contribution is 5.83. The number of fused-ring (bicyclic) bond motifs is 1. The Morgan fingerprint density at radius 3 is 2.38 bits per heavy atom. The van der Waals surface area contributed by atoms with E-state index in [-0.39, 0.29) is 0 Å². The quantitative estimate of drug-likeness (QED) is 0.582. The molecule has 5 heteroatoms. The van der Waals surface area contributed by atoms with Crippen molar-refractivity contribution in [2.24, 2.45) is 0 Å². The minimum absolute atomic E-state index is 0.473. The van der Waals surface area contributed by atoms with Gasteiger partial charge in [0, 0.05) is 12.6 Å². The molecule has 0 fully saturated rings. The molecule has 0 aliphatic rings. The lowest BCUT2D eigenvalue weighted by Crippen LogP contribution is -2.03. The normalized spacial score (nSPS) is 10.3. The van der Waals surface area contributed by atoms with E-state index in [4.69, 9.17) is 0 Å². The van der Waals surface area contributed by atoms with Crippen molar-refractivity contribution in [1.29, 1.82) is 0 Å². The molecule has 5 nitrogen and oxygen atoms in total. The molecule has 126 valence electrons. The summed E-state index contributed by atoms with van der Waals surface area (Å²) >= 11 is 0. The Bertz CT molecular complexity index is 1090. The van der Waals surface area contributed by atoms with Gasteiger partial charge in [0.15, 0.2) is 17.0 Å². The van der Waals surface area contributed by atoms with E-state index in [0.717, 1.165) is 16.7 Å². The van der Waals surface area contributed by atoms with Crippen molar-refractivity contribution in [2.75, 3.05) is 12.4 Å². The summed E-state index contributed by atoms with van der Waals surface area (Å²) in [4.78, 5) is 13.6. The fourth-order valence-electron chi connectivity index (χ4n) is 2.72. The monoisotopic (exact) mass is 339 g/mol. The van der Waals surface area contributed by atoms with E-state index in [0.29, 0.717) is 18.2 Å². The lowest BCUT2D eigenvalue weighted by atomic mass is 10.2. The van der Waals surface area contributed by atoms with Gasteiger partial charge in [0.1, 0.15) is 0 Å². The molecule has 0 saturated carbocycles. The topological polar surface area (TPSA) is 55.6 Å². The molecule has 4 rings (SSSR count). The van der Waals surface area contributed by atoms with Gasteiger partial charge in [-0.05, 0) is 23.6 Å². The molecule has 0 saturated heterocycles. The van der Waals surface area contributed by atoms with Gasteiger partial charge in [-0.25, -0.2) is 15.0 Å². The largest absolute Gasteiger partial charge is 0.371 e. The predicted molar refractivity (Wildman–Crippen MR) is 103 cm³/mol. The summed E-state index contributed by atoms with van der Waals surface area (Å²) in [6.07, 6.45) is 1.79. The van der Waals surface area contributed by atoms with Gasteiger partial charge in [-0.1, -0.05) is 54.5 Å². The molecule has 2 aromatic heterocycles. The van der Waals surface area contributed by atoms with Crippen molar-refractivity contribution >= 4 is 17.0 Å². The molecule has 0 bridgehead atoms. The number of imidazole rings is 1. The van der Waals surface area contributed by atoms with Crippen LogP contribution in [0, 0.1) is 11.8 Å². The zero-order valence-corrected chi connectivity index (χ0v) is 14.3. The van der Waals surface area contributed by atoms with Crippen LogP contribution in [0.25, 0.3) is 11.2 Å². The van der Waals surface area contributed by atoms with Crippen LogP contribution in [0.5, 0.6) is 0 Å². The Hall–Kier alpha value is -3.65. The van der Waals surface area contributed by atoms with Crippen LogP contribution in [0.2, 0.25) is 0 Å². The fraction of sp³-hybridized carbons (Fsp3) is 0.0952. The highest BCUT2D eigenvalue weighted by Gasteiger charge is 2.12. The molecule has 1 N–H and O–H groups in total. The van der Waals surface area contributed by atoms with Crippen LogP contribution in [-0.2, 0) is 6.54 Å². The minimum atomic E-state index is 0.473. The van der Waals surface area contributed by atoms with E-state index < -0.39 is 0 Å². The maximum atomic E-state index is 4.63. The second kappa shape index (κ2) is 7.08. The molecule has 0 aliphatic heterocycles. The summed E-state index contributed by atoms with van der Waals surface area (Å²) in [5.41, 5.74) is 3.63. The van der Waals surface area contributed by atoms with Crippen LogP contribution in [-0.4, -0.2) is 26.6 Å². The number of benzene rings is 2. The molecule has 2 aromatic carbocycles. The number of nitrogens with one attached hydrogen (secondary N) is 1. The van der Waals surface area contributed by atoms with Crippen molar-refractivity contribution in [3.63, 3.8) is 0 Å². The molecule has 4 aromatic rings. The Balaban J connectivity index is 1.76. The minimum Gasteiger partial charge on any atom is -0.371 e. The van der Waals surface area contributed by atoms with Crippen molar-refractivity contribution < 1.29 is 0 Å². The zero-order chi connectivity index (χ0) is 17.8. The average molecular weight is 339 g/mol. The Kier molecular flexibility index (Phi) is 4.31. The van der Waals surface area contributed by atoms with E-state index in [1.165, 1.54) is 5.56 Å². The van der Waals surface area contributed by atoms with Gasteiger partial charge in [0.2, 0.25) is 5.82 Å². The molecule has 26 heavy (non-hydrogen) atoms. The number of hydrogen-bond donors (Lipinski definition) is 1. The summed E-state index contributed by atoms with van der Waals surface area (Å²) in [6, 6.07) is 20.0. The maximum Gasteiger partial charge on any atom is 0.209 e. The van der Waals surface area contributed by atoms with Crippen LogP contribution >= 0.6 is 0 Å². The van der Waals surface area contributed by atoms with Crippen LogP contribution < -0.4 is 5.32 Å². The van der Waals surface area contributed by atoms with Crippen molar-refractivity contribution in [2.45, 2.75) is 6.54 Å². The van der Waals surface area contributed by atoms with Gasteiger partial charge in [-0.15, -0.1) is 0 Å². The van der Waals surface area contributed by atoms with Gasteiger partial charge in [0.25, 0.3) is 0 Å². The third-order valence-corrected chi connectivity index (χ3v) is 3.99. The summed E-state index contributed by atoms with van der Waals surface area (Å²) in [6.45, 7) is 0.697. The summed E-state index contributed by atoms with van der Waals surface area (Å²) in [7, 11) is 1.83. The van der Waals surface area contributed by atoms with Gasteiger partial charge in [-0.2, -0.15) is 0 Å². The molecular formula is C21H17N5. The predicted octanol–water partition coefficient (Wildman–Crippen LogP) is 3.32. The molecule has 0 atom stereocenters. The first kappa shape index (κ1) is 15.9. The number of anilines is 1.